The molecule has 9 heteroatoms. The SMILES string of the molecule is CCOc1cc(C(=O)NNC(=O)c2ccccc2-n2cccc2)ccc1OC(F)F. The molecule has 2 aromatic carbocycles. The standard InChI is InChI=1S/C21H19F2N3O4/c1-2-29-18-13-14(9-10-17(18)30-21(22)23)19(27)24-25-20(28)15-7-3-4-8-16(15)26-11-5-6-12-26/h3-13,21H,2H2,1H3,(H,24,27)(H,25,28). The topological polar surface area (TPSA) is 81.6 Å². The average Bonchev–Trinajstić information content (AvgIpc) is 3.27. The van der Waals surface area contributed by atoms with Crippen LogP contribution >= 0.6 is 0 Å². The Hall–Kier alpha value is -3.88. The molecule has 3 aromatic rings. The quantitative estimate of drug-likeness (QED) is 0.579. The monoisotopic (exact) mass is 415 g/mol. The minimum atomic E-state index is -3.02. The Morgan fingerprint density at radius 3 is 2.37 bits per heavy atom. The van der Waals surface area contributed by atoms with Crippen LogP contribution in [-0.4, -0.2) is 29.6 Å². The summed E-state index contributed by atoms with van der Waals surface area (Å²) in [7, 11) is 0. The van der Waals surface area contributed by atoms with Crippen molar-refractivity contribution in [2.24, 2.45) is 0 Å². The highest BCUT2D eigenvalue weighted by Gasteiger charge is 2.16. The first-order valence-corrected chi connectivity index (χ1v) is 9.04. The van der Waals surface area contributed by atoms with Gasteiger partial charge < -0.3 is 14.0 Å². The number of para-hydroxylation sites is 1. The molecule has 0 aliphatic carbocycles. The van der Waals surface area contributed by atoms with Crippen molar-refractivity contribution in [2.45, 2.75) is 13.5 Å². The van der Waals surface area contributed by atoms with Crippen molar-refractivity contribution in [3.8, 4) is 17.2 Å². The molecule has 7 nitrogen and oxygen atoms in total. The molecule has 2 N–H and O–H groups in total. The van der Waals surface area contributed by atoms with Gasteiger partial charge in [0.2, 0.25) is 0 Å². The second-order valence-electron chi connectivity index (χ2n) is 5.99. The van der Waals surface area contributed by atoms with Crippen molar-refractivity contribution in [3.63, 3.8) is 0 Å². The van der Waals surface area contributed by atoms with E-state index in [1.807, 2.05) is 12.1 Å². The maximum Gasteiger partial charge on any atom is 0.387 e. The second kappa shape index (κ2) is 9.55. The lowest BCUT2D eigenvalue weighted by Gasteiger charge is -2.14. The molecule has 2 amide bonds. The van der Waals surface area contributed by atoms with Gasteiger partial charge in [-0.2, -0.15) is 8.78 Å². The van der Waals surface area contributed by atoms with Crippen LogP contribution < -0.4 is 20.3 Å². The van der Waals surface area contributed by atoms with E-state index >= 15 is 0 Å². The average molecular weight is 415 g/mol. The molecule has 1 aromatic heterocycles. The first kappa shape index (κ1) is 20.8. The Bertz CT molecular complexity index is 1020. The molecule has 0 aliphatic heterocycles. The first-order valence-electron chi connectivity index (χ1n) is 9.04. The van der Waals surface area contributed by atoms with Gasteiger partial charge in [-0.3, -0.25) is 20.4 Å². The van der Waals surface area contributed by atoms with Crippen molar-refractivity contribution in [3.05, 3.63) is 78.1 Å². The molecule has 0 saturated carbocycles. The molecule has 0 fully saturated rings. The highest BCUT2D eigenvalue weighted by Crippen LogP contribution is 2.29. The van der Waals surface area contributed by atoms with Gasteiger partial charge in [0.25, 0.3) is 11.8 Å². The summed E-state index contributed by atoms with van der Waals surface area (Å²) in [6.45, 7) is -1.16. The van der Waals surface area contributed by atoms with E-state index in [2.05, 4.69) is 15.6 Å². The first-order chi connectivity index (χ1) is 14.5. The van der Waals surface area contributed by atoms with Crippen molar-refractivity contribution >= 4 is 11.8 Å². The maximum absolute atomic E-state index is 12.6. The van der Waals surface area contributed by atoms with Crippen molar-refractivity contribution in [2.75, 3.05) is 6.61 Å². The Labute approximate surface area is 171 Å². The predicted octanol–water partition coefficient (Wildman–Crippen LogP) is 3.55. The number of hydrazine groups is 1. The lowest BCUT2D eigenvalue weighted by atomic mass is 10.1. The fourth-order valence-electron chi connectivity index (χ4n) is 2.75. The number of carbonyl (C=O) groups is 2. The number of carbonyl (C=O) groups excluding carboxylic acids is 2. The van der Waals surface area contributed by atoms with E-state index in [1.54, 1.807) is 48.1 Å². The summed E-state index contributed by atoms with van der Waals surface area (Å²) in [5.41, 5.74) is 5.75. The fourth-order valence-corrected chi connectivity index (χ4v) is 2.75. The van der Waals surface area contributed by atoms with Gasteiger partial charge in [0, 0.05) is 18.0 Å². The Morgan fingerprint density at radius 2 is 1.67 bits per heavy atom. The van der Waals surface area contributed by atoms with Gasteiger partial charge >= 0.3 is 6.61 Å². The van der Waals surface area contributed by atoms with Crippen LogP contribution in [0, 0.1) is 0 Å². The number of halogens is 2. The second-order valence-corrected chi connectivity index (χ2v) is 5.99. The smallest absolute Gasteiger partial charge is 0.387 e. The predicted molar refractivity (Wildman–Crippen MR) is 105 cm³/mol. The molecule has 0 unspecified atom stereocenters. The number of hydrogen-bond donors (Lipinski definition) is 2. The Morgan fingerprint density at radius 1 is 0.967 bits per heavy atom. The normalized spacial score (nSPS) is 10.5. The summed E-state index contributed by atoms with van der Waals surface area (Å²) in [6, 6.07) is 14.3. The lowest BCUT2D eigenvalue weighted by Crippen LogP contribution is -2.42. The molecule has 0 radical (unpaired) electrons. The zero-order valence-corrected chi connectivity index (χ0v) is 16.0. The number of aromatic nitrogens is 1. The minimum Gasteiger partial charge on any atom is -0.490 e. The van der Waals surface area contributed by atoms with Crippen LogP contribution in [0.4, 0.5) is 8.78 Å². The van der Waals surface area contributed by atoms with E-state index in [-0.39, 0.29) is 23.7 Å². The van der Waals surface area contributed by atoms with Crippen molar-refractivity contribution < 1.29 is 27.8 Å². The molecule has 156 valence electrons. The largest absolute Gasteiger partial charge is 0.490 e. The molecule has 30 heavy (non-hydrogen) atoms. The summed E-state index contributed by atoms with van der Waals surface area (Å²) in [5.74, 6) is -1.36. The molecule has 0 aliphatic rings. The van der Waals surface area contributed by atoms with Gasteiger partial charge in [-0.25, -0.2) is 0 Å². The molecule has 3 rings (SSSR count). The number of benzene rings is 2. The van der Waals surface area contributed by atoms with Gasteiger partial charge in [-0.15, -0.1) is 0 Å². The van der Waals surface area contributed by atoms with Crippen molar-refractivity contribution in [1.29, 1.82) is 0 Å². The molecule has 1 heterocycles. The van der Waals surface area contributed by atoms with Crippen molar-refractivity contribution in [1.82, 2.24) is 15.4 Å². The van der Waals surface area contributed by atoms with Gasteiger partial charge in [-0.05, 0) is 49.4 Å². The third kappa shape index (κ3) is 4.93. The lowest BCUT2D eigenvalue weighted by molar-refractivity contribution is -0.0514. The molecule has 0 saturated heterocycles. The van der Waals surface area contributed by atoms with E-state index in [4.69, 9.17) is 4.74 Å². The molecular formula is C21H19F2N3O4. The summed E-state index contributed by atoms with van der Waals surface area (Å²) in [4.78, 5) is 25.0. The van der Waals surface area contributed by atoms with Crippen LogP contribution in [0.25, 0.3) is 5.69 Å². The molecule has 0 spiro atoms. The number of nitrogens with one attached hydrogen (secondary N) is 2. The number of ether oxygens (including phenoxy) is 2. The highest BCUT2D eigenvalue weighted by atomic mass is 19.3. The van der Waals surface area contributed by atoms with E-state index in [0.29, 0.717) is 11.3 Å². The van der Waals surface area contributed by atoms with E-state index in [1.165, 1.54) is 18.2 Å². The summed E-state index contributed by atoms with van der Waals surface area (Å²) in [5, 5.41) is 0. The van der Waals surface area contributed by atoms with E-state index in [9.17, 15) is 18.4 Å². The van der Waals surface area contributed by atoms with Crippen LogP contribution in [0.15, 0.2) is 67.0 Å². The highest BCUT2D eigenvalue weighted by molar-refractivity contribution is 6.01. The molecule has 0 bridgehead atoms. The third-order valence-corrected chi connectivity index (χ3v) is 4.04. The summed E-state index contributed by atoms with van der Waals surface area (Å²) < 4.78 is 36.4. The third-order valence-electron chi connectivity index (χ3n) is 4.04. The molecular weight excluding hydrogens is 396 g/mol. The molecule has 0 atom stereocenters. The van der Waals surface area contributed by atoms with E-state index < -0.39 is 18.4 Å². The van der Waals surface area contributed by atoms with Crippen LogP contribution in [0.5, 0.6) is 11.5 Å². The maximum atomic E-state index is 12.6. The number of nitrogens with zero attached hydrogens (tertiary/aromatic N) is 1. The fraction of sp³-hybridized carbons (Fsp3) is 0.143. The number of rotatable bonds is 7. The van der Waals surface area contributed by atoms with E-state index in [0.717, 1.165) is 0 Å². The summed E-state index contributed by atoms with van der Waals surface area (Å²) >= 11 is 0. The Kier molecular flexibility index (Phi) is 6.63. The van der Waals surface area contributed by atoms with Gasteiger partial charge in [0.1, 0.15) is 0 Å². The zero-order valence-electron chi connectivity index (χ0n) is 16.0. The summed E-state index contributed by atoms with van der Waals surface area (Å²) in [6.07, 6.45) is 3.59. The van der Waals surface area contributed by atoms with Crippen LogP contribution in [-0.2, 0) is 0 Å². The van der Waals surface area contributed by atoms with Crippen LogP contribution in [0.1, 0.15) is 27.6 Å². The van der Waals surface area contributed by atoms with Gasteiger partial charge in [0.15, 0.2) is 11.5 Å². The van der Waals surface area contributed by atoms with Gasteiger partial charge in [0.05, 0.1) is 17.9 Å². The number of alkyl halides is 2. The van der Waals surface area contributed by atoms with Crippen LogP contribution in [0.2, 0.25) is 0 Å². The zero-order chi connectivity index (χ0) is 21.5. The number of amides is 2. The number of hydrogen-bond acceptors (Lipinski definition) is 4. The van der Waals surface area contributed by atoms with Gasteiger partial charge in [-0.1, -0.05) is 12.1 Å². The Balaban J connectivity index is 1.72. The van der Waals surface area contributed by atoms with Crippen LogP contribution in [0.3, 0.4) is 0 Å². The minimum absolute atomic E-state index is 0.00488.